The van der Waals surface area contributed by atoms with Crippen LogP contribution in [0.1, 0.15) is 22.3 Å². The van der Waals surface area contributed by atoms with Gasteiger partial charge in [0.05, 0.1) is 11.4 Å². The molecule has 3 heteroatoms. The van der Waals surface area contributed by atoms with Gasteiger partial charge in [0.15, 0.2) is 0 Å². The van der Waals surface area contributed by atoms with Crippen LogP contribution in [-0.2, 0) is 19.3 Å². The van der Waals surface area contributed by atoms with E-state index in [-0.39, 0.29) is 0 Å². The lowest BCUT2D eigenvalue weighted by molar-refractivity contribution is 1.02. The van der Waals surface area contributed by atoms with E-state index in [0.29, 0.717) is 5.96 Å². The van der Waals surface area contributed by atoms with Crippen LogP contribution in [0.2, 0.25) is 0 Å². The van der Waals surface area contributed by atoms with Crippen LogP contribution in [0.5, 0.6) is 0 Å². The summed E-state index contributed by atoms with van der Waals surface area (Å²) in [4.78, 5) is 6.77. The van der Waals surface area contributed by atoms with Gasteiger partial charge in [-0.3, -0.25) is 0 Å². The molecule has 6 rings (SSSR count). The van der Waals surface area contributed by atoms with Crippen molar-refractivity contribution in [3.8, 4) is 11.1 Å². The van der Waals surface area contributed by atoms with Crippen LogP contribution in [0.15, 0.2) is 77.8 Å². The van der Waals surface area contributed by atoms with Crippen molar-refractivity contribution >= 4 is 28.1 Å². The van der Waals surface area contributed by atoms with Gasteiger partial charge in [-0.1, -0.05) is 54.6 Å². The smallest absolute Gasteiger partial charge is 0.200 e. The predicted molar refractivity (Wildman–Crippen MR) is 126 cm³/mol. The number of hydrogen-bond acceptors (Lipinski definition) is 1. The Labute approximate surface area is 176 Å². The number of guanidine groups is 1. The molecule has 0 aromatic heterocycles. The minimum absolute atomic E-state index is 0.504. The molecule has 0 bridgehead atoms. The number of benzene rings is 4. The third-order valence-corrected chi connectivity index (χ3v) is 6.58. The van der Waals surface area contributed by atoms with E-state index in [1.807, 2.05) is 11.9 Å². The summed E-state index contributed by atoms with van der Waals surface area (Å²) < 4.78 is 0. The van der Waals surface area contributed by atoms with E-state index < -0.39 is 0 Å². The summed E-state index contributed by atoms with van der Waals surface area (Å²) in [5.74, 6) is 0.504. The summed E-state index contributed by atoms with van der Waals surface area (Å²) >= 11 is 0. The number of nitrogens with zero attached hydrogens (tertiary/aromatic N) is 2. The second-order valence-corrected chi connectivity index (χ2v) is 8.29. The molecule has 146 valence electrons. The van der Waals surface area contributed by atoms with Crippen LogP contribution in [0, 0.1) is 0 Å². The molecule has 2 aliphatic carbocycles. The molecule has 30 heavy (non-hydrogen) atoms. The summed E-state index contributed by atoms with van der Waals surface area (Å²) in [5.41, 5.74) is 16.7. The largest absolute Gasteiger partial charge is 0.369 e. The first-order chi connectivity index (χ1) is 14.7. The quantitative estimate of drug-likeness (QED) is 0.316. The van der Waals surface area contributed by atoms with Crippen molar-refractivity contribution in [1.29, 1.82) is 0 Å². The fraction of sp³-hybridized carbons (Fsp3) is 0.148. The number of rotatable bonds is 2. The zero-order valence-corrected chi connectivity index (χ0v) is 17.0. The van der Waals surface area contributed by atoms with Gasteiger partial charge in [0.25, 0.3) is 0 Å². The first kappa shape index (κ1) is 17.3. The topological polar surface area (TPSA) is 41.6 Å². The standard InChI is InChI=1S/C27H23N3/c1-30(25-14-11-18-10-9-17-6-4-8-24(25)26(17)18)27(28)29-21-12-13-23-20(16-21)15-19-5-2-3-7-22(19)23/h2-8,11-14,16H,9-10,15H2,1H3,(H2,28,29). The SMILES string of the molecule is CN(C(N)=Nc1ccc2c(c1)Cc1ccccc1-2)c1ccc2c3c(cccc13)CC2. The van der Waals surface area contributed by atoms with E-state index in [4.69, 9.17) is 10.7 Å². The van der Waals surface area contributed by atoms with Crippen LogP contribution in [0.4, 0.5) is 11.4 Å². The monoisotopic (exact) mass is 389 g/mol. The van der Waals surface area contributed by atoms with E-state index >= 15 is 0 Å². The van der Waals surface area contributed by atoms with Gasteiger partial charge < -0.3 is 10.6 Å². The Kier molecular flexibility index (Phi) is 3.72. The highest BCUT2D eigenvalue weighted by Crippen LogP contribution is 2.39. The second-order valence-electron chi connectivity index (χ2n) is 8.29. The molecule has 0 aliphatic heterocycles. The molecule has 3 nitrogen and oxygen atoms in total. The maximum Gasteiger partial charge on any atom is 0.200 e. The molecular formula is C27H23N3. The van der Waals surface area contributed by atoms with Crippen molar-refractivity contribution in [2.45, 2.75) is 19.3 Å². The van der Waals surface area contributed by atoms with Crippen molar-refractivity contribution in [1.82, 2.24) is 0 Å². The highest BCUT2D eigenvalue weighted by Gasteiger charge is 2.20. The molecule has 2 aliphatic rings. The van der Waals surface area contributed by atoms with E-state index in [1.165, 1.54) is 44.2 Å². The number of aliphatic imine (C=N–C) groups is 1. The minimum Gasteiger partial charge on any atom is -0.369 e. The Morgan fingerprint density at radius 3 is 2.47 bits per heavy atom. The number of nitrogens with two attached hydrogens (primary N) is 1. The van der Waals surface area contributed by atoms with E-state index in [0.717, 1.165) is 30.6 Å². The lowest BCUT2D eigenvalue weighted by Gasteiger charge is -2.21. The van der Waals surface area contributed by atoms with Crippen LogP contribution in [0.3, 0.4) is 0 Å². The number of aryl methyl sites for hydroxylation is 2. The molecule has 4 aromatic carbocycles. The second kappa shape index (κ2) is 6.46. The van der Waals surface area contributed by atoms with Crippen LogP contribution in [0.25, 0.3) is 21.9 Å². The molecule has 2 N–H and O–H groups in total. The lowest BCUT2D eigenvalue weighted by Crippen LogP contribution is -2.33. The molecule has 0 atom stereocenters. The molecule has 0 saturated carbocycles. The Morgan fingerprint density at radius 1 is 0.800 bits per heavy atom. The van der Waals surface area contributed by atoms with Gasteiger partial charge in [-0.05, 0) is 76.2 Å². The summed E-state index contributed by atoms with van der Waals surface area (Å²) in [6.07, 6.45) is 3.21. The highest BCUT2D eigenvalue weighted by atomic mass is 15.2. The summed E-state index contributed by atoms with van der Waals surface area (Å²) in [6, 6.07) is 26.0. The number of anilines is 1. The highest BCUT2D eigenvalue weighted by molar-refractivity contribution is 6.07. The van der Waals surface area contributed by atoms with Gasteiger partial charge >= 0.3 is 0 Å². The maximum absolute atomic E-state index is 6.47. The van der Waals surface area contributed by atoms with E-state index in [9.17, 15) is 0 Å². The third-order valence-electron chi connectivity index (χ3n) is 6.58. The van der Waals surface area contributed by atoms with Crippen molar-refractivity contribution < 1.29 is 0 Å². The zero-order valence-electron chi connectivity index (χ0n) is 17.0. The average Bonchev–Trinajstić information content (AvgIpc) is 3.36. The Balaban J connectivity index is 1.36. The minimum atomic E-state index is 0.504. The van der Waals surface area contributed by atoms with Crippen molar-refractivity contribution in [3.05, 3.63) is 95.1 Å². The Morgan fingerprint density at radius 2 is 1.57 bits per heavy atom. The van der Waals surface area contributed by atoms with Gasteiger partial charge in [-0.2, -0.15) is 0 Å². The van der Waals surface area contributed by atoms with Gasteiger partial charge in [-0.15, -0.1) is 0 Å². The normalized spacial score (nSPS) is 14.1. The van der Waals surface area contributed by atoms with Crippen molar-refractivity contribution in [3.63, 3.8) is 0 Å². The fourth-order valence-electron chi connectivity index (χ4n) is 5.06. The molecular weight excluding hydrogens is 366 g/mol. The molecule has 0 radical (unpaired) electrons. The van der Waals surface area contributed by atoms with Crippen molar-refractivity contribution in [2.24, 2.45) is 10.7 Å². The number of fused-ring (bicyclic) bond motifs is 3. The fourth-order valence-corrected chi connectivity index (χ4v) is 5.06. The first-order valence-electron chi connectivity index (χ1n) is 10.5. The van der Waals surface area contributed by atoms with Gasteiger partial charge in [0.2, 0.25) is 5.96 Å². The lowest BCUT2D eigenvalue weighted by atomic mass is 10.0. The molecule has 0 unspecified atom stereocenters. The van der Waals surface area contributed by atoms with Crippen LogP contribution >= 0.6 is 0 Å². The van der Waals surface area contributed by atoms with Gasteiger partial charge in [-0.25, -0.2) is 4.99 Å². The third kappa shape index (κ3) is 2.55. The first-order valence-corrected chi connectivity index (χ1v) is 10.5. The molecule has 0 fully saturated rings. The molecule has 4 aromatic rings. The Hall–Kier alpha value is -3.59. The van der Waals surface area contributed by atoms with Gasteiger partial charge in [0, 0.05) is 12.4 Å². The molecule has 0 spiro atoms. The average molecular weight is 390 g/mol. The Bertz CT molecular complexity index is 1340. The van der Waals surface area contributed by atoms with E-state index in [1.54, 1.807) is 0 Å². The summed E-state index contributed by atoms with van der Waals surface area (Å²) in [5, 5.41) is 2.65. The maximum atomic E-state index is 6.47. The summed E-state index contributed by atoms with van der Waals surface area (Å²) in [6.45, 7) is 0. The van der Waals surface area contributed by atoms with E-state index in [2.05, 4.69) is 72.8 Å². The molecule has 0 saturated heterocycles. The predicted octanol–water partition coefficient (Wildman–Crippen LogP) is 5.59. The zero-order chi connectivity index (χ0) is 20.2. The van der Waals surface area contributed by atoms with Crippen LogP contribution < -0.4 is 10.6 Å². The van der Waals surface area contributed by atoms with Crippen LogP contribution in [-0.4, -0.2) is 13.0 Å². The van der Waals surface area contributed by atoms with Crippen molar-refractivity contribution in [2.75, 3.05) is 11.9 Å². The van der Waals surface area contributed by atoms with Gasteiger partial charge in [0.1, 0.15) is 0 Å². The molecule has 0 amide bonds. The molecule has 0 heterocycles. The number of hydrogen-bond donors (Lipinski definition) is 1. The summed E-state index contributed by atoms with van der Waals surface area (Å²) in [7, 11) is 2.00.